The zero-order chi connectivity index (χ0) is 13.9. The Hall–Kier alpha value is -2.29. The van der Waals surface area contributed by atoms with E-state index >= 15 is 0 Å². The third-order valence-electron chi connectivity index (χ3n) is 3.62. The molecule has 3 nitrogen and oxygen atoms in total. The lowest BCUT2D eigenvalue weighted by atomic mass is 10.1. The van der Waals surface area contributed by atoms with E-state index in [0.29, 0.717) is 6.54 Å². The first-order valence-corrected chi connectivity index (χ1v) is 6.88. The van der Waals surface area contributed by atoms with Gasteiger partial charge in [-0.15, -0.1) is 0 Å². The van der Waals surface area contributed by atoms with Gasteiger partial charge in [-0.2, -0.15) is 0 Å². The number of benzene rings is 2. The molecule has 1 amide bonds. The minimum atomic E-state index is 0.00194. The lowest BCUT2D eigenvalue weighted by Gasteiger charge is -2.22. The van der Waals surface area contributed by atoms with Crippen LogP contribution in [0.4, 0.5) is 5.69 Å². The number of carbonyl (C=O) groups excluding carboxylic acids is 1. The minimum absolute atomic E-state index is 0.00194. The summed E-state index contributed by atoms with van der Waals surface area (Å²) in [5.41, 5.74) is 3.21. The lowest BCUT2D eigenvalue weighted by molar-refractivity contribution is -0.120. The molecule has 0 aromatic heterocycles. The highest BCUT2D eigenvalue weighted by Crippen LogP contribution is 2.28. The van der Waals surface area contributed by atoms with Crippen LogP contribution in [0, 0.1) is 0 Å². The molecule has 1 aliphatic heterocycles. The summed E-state index contributed by atoms with van der Waals surface area (Å²) in [5.74, 6) is 0.805. The number of amides is 1. The standard InChI is InChI=1S/C17H17NO2/c1-2-13-7-3-5-9-15(13)18-11-14-8-4-6-10-16(14)20-12-17(18)19/h3-10H,2,11-12H2,1H3. The number of para-hydroxylation sites is 2. The van der Waals surface area contributed by atoms with E-state index < -0.39 is 0 Å². The third kappa shape index (κ3) is 2.27. The number of ether oxygens (including phenoxy) is 1. The summed E-state index contributed by atoms with van der Waals surface area (Å²) < 4.78 is 5.59. The van der Waals surface area contributed by atoms with Crippen LogP contribution in [-0.2, 0) is 17.8 Å². The van der Waals surface area contributed by atoms with Gasteiger partial charge >= 0.3 is 0 Å². The SMILES string of the molecule is CCc1ccccc1N1Cc2ccccc2OCC1=O. The second-order valence-electron chi connectivity index (χ2n) is 4.86. The molecule has 1 aliphatic rings. The van der Waals surface area contributed by atoms with Gasteiger partial charge < -0.3 is 9.64 Å². The Morgan fingerprint density at radius 3 is 2.70 bits per heavy atom. The third-order valence-corrected chi connectivity index (χ3v) is 3.62. The molecule has 1 heterocycles. The maximum atomic E-state index is 12.4. The molecule has 0 radical (unpaired) electrons. The van der Waals surface area contributed by atoms with Crippen LogP contribution in [-0.4, -0.2) is 12.5 Å². The summed E-state index contributed by atoms with van der Waals surface area (Å²) in [6, 6.07) is 15.9. The Labute approximate surface area is 118 Å². The van der Waals surface area contributed by atoms with E-state index in [4.69, 9.17) is 4.74 Å². The van der Waals surface area contributed by atoms with Gasteiger partial charge in [0.15, 0.2) is 6.61 Å². The summed E-state index contributed by atoms with van der Waals surface area (Å²) >= 11 is 0. The summed E-state index contributed by atoms with van der Waals surface area (Å²) in [5, 5.41) is 0. The number of carbonyl (C=O) groups is 1. The summed E-state index contributed by atoms with van der Waals surface area (Å²) in [6.07, 6.45) is 0.905. The van der Waals surface area contributed by atoms with Crippen LogP contribution in [0.1, 0.15) is 18.1 Å². The Morgan fingerprint density at radius 2 is 1.85 bits per heavy atom. The van der Waals surface area contributed by atoms with Crippen molar-refractivity contribution in [3.63, 3.8) is 0 Å². The quantitative estimate of drug-likeness (QED) is 0.836. The summed E-state index contributed by atoms with van der Waals surface area (Å²) in [4.78, 5) is 14.2. The van der Waals surface area contributed by atoms with E-state index in [1.54, 1.807) is 0 Å². The predicted octanol–water partition coefficient (Wildman–Crippen LogP) is 3.17. The first kappa shape index (κ1) is 12.7. The summed E-state index contributed by atoms with van der Waals surface area (Å²) in [6.45, 7) is 2.76. The van der Waals surface area contributed by atoms with Gasteiger partial charge in [0.05, 0.1) is 6.54 Å². The number of nitrogens with zero attached hydrogens (tertiary/aromatic N) is 1. The highest BCUT2D eigenvalue weighted by atomic mass is 16.5. The molecule has 3 rings (SSSR count). The van der Waals surface area contributed by atoms with Crippen molar-refractivity contribution in [3.05, 3.63) is 59.7 Å². The molecule has 0 fully saturated rings. The smallest absolute Gasteiger partial charge is 0.265 e. The Bertz CT molecular complexity index is 636. The molecule has 102 valence electrons. The number of anilines is 1. The van der Waals surface area contributed by atoms with Gasteiger partial charge in [0, 0.05) is 11.3 Å². The van der Waals surface area contributed by atoms with Crippen LogP contribution in [0.15, 0.2) is 48.5 Å². The average molecular weight is 267 g/mol. The molecular formula is C17H17NO2. The topological polar surface area (TPSA) is 29.5 Å². The number of hydrogen-bond acceptors (Lipinski definition) is 2. The van der Waals surface area contributed by atoms with Crippen molar-refractivity contribution in [2.75, 3.05) is 11.5 Å². The van der Waals surface area contributed by atoms with E-state index in [1.807, 2.05) is 47.4 Å². The Morgan fingerprint density at radius 1 is 1.10 bits per heavy atom. The molecule has 0 saturated carbocycles. The predicted molar refractivity (Wildman–Crippen MR) is 78.9 cm³/mol. The fraction of sp³-hybridized carbons (Fsp3) is 0.235. The second kappa shape index (κ2) is 5.37. The molecule has 0 N–H and O–H groups in total. The van der Waals surface area contributed by atoms with E-state index in [-0.39, 0.29) is 12.5 Å². The molecule has 0 atom stereocenters. The first-order chi connectivity index (χ1) is 9.79. The van der Waals surface area contributed by atoms with Crippen LogP contribution in [0.25, 0.3) is 0 Å². The van der Waals surface area contributed by atoms with Gasteiger partial charge in [-0.3, -0.25) is 4.79 Å². The van der Waals surface area contributed by atoms with Crippen LogP contribution >= 0.6 is 0 Å². The monoisotopic (exact) mass is 267 g/mol. The van der Waals surface area contributed by atoms with Crippen molar-refractivity contribution >= 4 is 11.6 Å². The molecule has 2 aromatic carbocycles. The lowest BCUT2D eigenvalue weighted by Crippen LogP contribution is -2.32. The molecule has 0 unspecified atom stereocenters. The minimum Gasteiger partial charge on any atom is -0.483 e. The highest BCUT2D eigenvalue weighted by Gasteiger charge is 2.23. The first-order valence-electron chi connectivity index (χ1n) is 6.88. The molecular weight excluding hydrogens is 250 g/mol. The molecule has 0 saturated heterocycles. The number of aryl methyl sites for hydroxylation is 1. The van der Waals surface area contributed by atoms with Crippen LogP contribution in [0.2, 0.25) is 0 Å². The molecule has 20 heavy (non-hydrogen) atoms. The van der Waals surface area contributed by atoms with Gasteiger partial charge in [-0.05, 0) is 24.1 Å². The van der Waals surface area contributed by atoms with Gasteiger partial charge in [0.1, 0.15) is 5.75 Å². The van der Waals surface area contributed by atoms with E-state index in [0.717, 1.165) is 23.4 Å². The Kier molecular flexibility index (Phi) is 3.42. The zero-order valence-corrected chi connectivity index (χ0v) is 11.5. The van der Waals surface area contributed by atoms with E-state index in [2.05, 4.69) is 13.0 Å². The van der Waals surface area contributed by atoms with Crippen LogP contribution < -0.4 is 9.64 Å². The maximum absolute atomic E-state index is 12.4. The van der Waals surface area contributed by atoms with Gasteiger partial charge in [0.25, 0.3) is 5.91 Å². The van der Waals surface area contributed by atoms with Crippen molar-refractivity contribution < 1.29 is 9.53 Å². The zero-order valence-electron chi connectivity index (χ0n) is 11.5. The highest BCUT2D eigenvalue weighted by molar-refractivity contribution is 5.95. The largest absolute Gasteiger partial charge is 0.483 e. The summed E-state index contributed by atoms with van der Waals surface area (Å²) in [7, 11) is 0. The Balaban J connectivity index is 2.02. The van der Waals surface area contributed by atoms with Crippen molar-refractivity contribution in [1.29, 1.82) is 0 Å². The van der Waals surface area contributed by atoms with Crippen molar-refractivity contribution in [2.24, 2.45) is 0 Å². The second-order valence-corrected chi connectivity index (χ2v) is 4.86. The number of rotatable bonds is 2. The fourth-order valence-electron chi connectivity index (χ4n) is 2.54. The van der Waals surface area contributed by atoms with E-state index in [9.17, 15) is 4.79 Å². The number of hydrogen-bond donors (Lipinski definition) is 0. The van der Waals surface area contributed by atoms with Crippen molar-refractivity contribution in [2.45, 2.75) is 19.9 Å². The van der Waals surface area contributed by atoms with E-state index in [1.165, 1.54) is 5.56 Å². The van der Waals surface area contributed by atoms with Gasteiger partial charge in [-0.25, -0.2) is 0 Å². The molecule has 0 spiro atoms. The normalized spacial score (nSPS) is 14.4. The molecule has 0 bridgehead atoms. The maximum Gasteiger partial charge on any atom is 0.265 e. The van der Waals surface area contributed by atoms with Crippen LogP contribution in [0.5, 0.6) is 5.75 Å². The fourth-order valence-corrected chi connectivity index (χ4v) is 2.54. The molecule has 3 heteroatoms. The van der Waals surface area contributed by atoms with Gasteiger partial charge in [0.2, 0.25) is 0 Å². The molecule has 0 aliphatic carbocycles. The van der Waals surface area contributed by atoms with Crippen molar-refractivity contribution in [3.8, 4) is 5.75 Å². The van der Waals surface area contributed by atoms with Crippen LogP contribution in [0.3, 0.4) is 0 Å². The average Bonchev–Trinajstić information content (AvgIpc) is 2.67. The van der Waals surface area contributed by atoms with Gasteiger partial charge in [-0.1, -0.05) is 43.3 Å². The number of fused-ring (bicyclic) bond motifs is 1. The molecule has 2 aromatic rings. The van der Waals surface area contributed by atoms with Crippen molar-refractivity contribution in [1.82, 2.24) is 0 Å².